The third-order valence-corrected chi connectivity index (χ3v) is 3.50. The van der Waals surface area contributed by atoms with Gasteiger partial charge in [-0.15, -0.1) is 0 Å². The molecule has 1 aromatic heterocycles. The van der Waals surface area contributed by atoms with E-state index >= 15 is 0 Å². The van der Waals surface area contributed by atoms with Crippen molar-refractivity contribution in [3.8, 4) is 0 Å². The highest BCUT2D eigenvalue weighted by Crippen LogP contribution is 2.20. The summed E-state index contributed by atoms with van der Waals surface area (Å²) < 4.78 is 0.794. The van der Waals surface area contributed by atoms with Crippen molar-refractivity contribution >= 4 is 33.6 Å². The van der Waals surface area contributed by atoms with Gasteiger partial charge in [0.2, 0.25) is 0 Å². The van der Waals surface area contributed by atoms with E-state index in [-0.39, 0.29) is 11.5 Å². The van der Waals surface area contributed by atoms with Crippen LogP contribution in [0.15, 0.2) is 35.1 Å². The molecule has 2 rings (SSSR count). The van der Waals surface area contributed by atoms with Crippen LogP contribution >= 0.6 is 15.9 Å². The van der Waals surface area contributed by atoms with Crippen molar-refractivity contribution in [1.82, 2.24) is 9.97 Å². The highest BCUT2D eigenvalue weighted by atomic mass is 79.9. The van der Waals surface area contributed by atoms with Crippen LogP contribution < -0.4 is 5.32 Å². The van der Waals surface area contributed by atoms with Gasteiger partial charge in [-0.1, -0.05) is 22.0 Å². The molecule has 0 atom stereocenters. The van der Waals surface area contributed by atoms with Gasteiger partial charge in [-0.3, -0.25) is 4.79 Å². The van der Waals surface area contributed by atoms with Gasteiger partial charge in [0.25, 0.3) is 5.91 Å². The molecule has 0 aliphatic heterocycles. The van der Waals surface area contributed by atoms with Gasteiger partial charge in [-0.25, -0.2) is 14.8 Å². The number of anilines is 1. The minimum absolute atomic E-state index is 0.0793. The van der Waals surface area contributed by atoms with Crippen LogP contribution in [0.4, 0.5) is 5.82 Å². The third-order valence-electron chi connectivity index (χ3n) is 2.65. The maximum atomic E-state index is 12.2. The van der Waals surface area contributed by atoms with E-state index in [9.17, 15) is 9.59 Å². The van der Waals surface area contributed by atoms with E-state index in [2.05, 4.69) is 31.2 Å². The van der Waals surface area contributed by atoms with Crippen LogP contribution in [-0.4, -0.2) is 27.0 Å². The maximum Gasteiger partial charge on any atom is 0.358 e. The summed E-state index contributed by atoms with van der Waals surface area (Å²) in [6, 6.07) is 5.18. The predicted octanol–water partition coefficient (Wildman–Crippen LogP) is 2.50. The van der Waals surface area contributed by atoms with Crippen molar-refractivity contribution in [2.24, 2.45) is 0 Å². The SMILES string of the molecule is Cc1c(Br)cccc1C(=O)Nc1nccnc1C(=O)O. The van der Waals surface area contributed by atoms with Crippen molar-refractivity contribution in [3.05, 3.63) is 51.9 Å². The Bertz CT molecular complexity index is 688. The second-order valence-corrected chi connectivity index (χ2v) is 4.78. The molecule has 0 fully saturated rings. The summed E-state index contributed by atoms with van der Waals surface area (Å²) in [7, 11) is 0. The number of benzene rings is 1. The summed E-state index contributed by atoms with van der Waals surface area (Å²) >= 11 is 3.34. The molecule has 2 aromatic rings. The topological polar surface area (TPSA) is 92.2 Å². The van der Waals surface area contributed by atoms with Gasteiger partial charge < -0.3 is 10.4 Å². The van der Waals surface area contributed by atoms with Crippen molar-refractivity contribution in [2.75, 3.05) is 5.32 Å². The zero-order valence-corrected chi connectivity index (χ0v) is 12.0. The van der Waals surface area contributed by atoms with E-state index in [1.807, 2.05) is 6.07 Å². The Morgan fingerprint density at radius 2 is 1.95 bits per heavy atom. The largest absolute Gasteiger partial charge is 0.476 e. The number of hydrogen-bond acceptors (Lipinski definition) is 4. The van der Waals surface area contributed by atoms with Gasteiger partial charge in [0.15, 0.2) is 11.5 Å². The van der Waals surface area contributed by atoms with E-state index in [0.29, 0.717) is 5.56 Å². The van der Waals surface area contributed by atoms with Crippen LogP contribution in [0.3, 0.4) is 0 Å². The van der Waals surface area contributed by atoms with Crippen molar-refractivity contribution < 1.29 is 14.7 Å². The first kappa shape index (κ1) is 14.1. The fourth-order valence-corrected chi connectivity index (χ4v) is 1.98. The summed E-state index contributed by atoms with van der Waals surface area (Å²) in [5.41, 5.74) is 0.889. The van der Waals surface area contributed by atoms with Crippen LogP contribution in [0, 0.1) is 6.92 Å². The molecule has 1 amide bonds. The maximum absolute atomic E-state index is 12.2. The Hall–Kier alpha value is -2.28. The number of halogens is 1. The molecule has 2 N–H and O–H groups in total. The summed E-state index contributed by atoms with van der Waals surface area (Å²) in [4.78, 5) is 30.7. The molecule has 102 valence electrons. The molecule has 0 aliphatic rings. The minimum Gasteiger partial charge on any atom is -0.476 e. The average Bonchev–Trinajstić information content (AvgIpc) is 2.42. The zero-order chi connectivity index (χ0) is 14.7. The normalized spacial score (nSPS) is 10.1. The predicted molar refractivity (Wildman–Crippen MR) is 75.8 cm³/mol. The number of nitrogens with one attached hydrogen (secondary N) is 1. The lowest BCUT2D eigenvalue weighted by Crippen LogP contribution is -2.18. The lowest BCUT2D eigenvalue weighted by Gasteiger charge is -2.09. The standard InChI is InChI=1S/C13H10BrN3O3/c1-7-8(3-2-4-9(7)14)12(18)17-11-10(13(19)20)15-5-6-16-11/h2-6H,1H3,(H,19,20)(H,16,17,18). The van der Waals surface area contributed by atoms with E-state index in [0.717, 1.165) is 10.0 Å². The average molecular weight is 336 g/mol. The lowest BCUT2D eigenvalue weighted by atomic mass is 10.1. The van der Waals surface area contributed by atoms with Crippen molar-refractivity contribution in [3.63, 3.8) is 0 Å². The number of hydrogen-bond donors (Lipinski definition) is 2. The lowest BCUT2D eigenvalue weighted by molar-refractivity contribution is 0.0691. The molecule has 0 radical (unpaired) electrons. The number of aromatic carboxylic acids is 1. The van der Waals surface area contributed by atoms with Crippen LogP contribution in [0.2, 0.25) is 0 Å². The number of carboxylic acid groups (broad SMARTS) is 1. The van der Waals surface area contributed by atoms with Crippen LogP contribution in [0.25, 0.3) is 0 Å². The summed E-state index contributed by atoms with van der Waals surface area (Å²) in [5.74, 6) is -1.77. The Balaban J connectivity index is 2.33. The molecule has 7 heteroatoms. The van der Waals surface area contributed by atoms with E-state index < -0.39 is 11.9 Å². The van der Waals surface area contributed by atoms with Crippen LogP contribution in [-0.2, 0) is 0 Å². The smallest absolute Gasteiger partial charge is 0.358 e. The first-order valence-electron chi connectivity index (χ1n) is 5.61. The first-order valence-corrected chi connectivity index (χ1v) is 6.40. The summed E-state index contributed by atoms with van der Waals surface area (Å²) in [5, 5.41) is 11.4. The number of nitrogens with zero attached hydrogens (tertiary/aromatic N) is 2. The highest BCUT2D eigenvalue weighted by Gasteiger charge is 2.17. The van der Waals surface area contributed by atoms with E-state index in [4.69, 9.17) is 5.11 Å². The molecular formula is C13H10BrN3O3. The molecule has 0 unspecified atom stereocenters. The fourth-order valence-electron chi connectivity index (χ4n) is 1.61. The van der Waals surface area contributed by atoms with Gasteiger partial charge in [0.05, 0.1) is 0 Å². The number of amides is 1. The molecule has 0 bridgehead atoms. The van der Waals surface area contributed by atoms with Crippen molar-refractivity contribution in [2.45, 2.75) is 6.92 Å². The third kappa shape index (κ3) is 2.83. The minimum atomic E-state index is -1.25. The summed E-state index contributed by atoms with van der Waals surface area (Å²) in [6.07, 6.45) is 2.57. The van der Waals surface area contributed by atoms with E-state index in [1.54, 1.807) is 19.1 Å². The molecule has 0 saturated carbocycles. The second-order valence-electron chi connectivity index (χ2n) is 3.93. The van der Waals surface area contributed by atoms with Crippen molar-refractivity contribution in [1.29, 1.82) is 0 Å². The number of aromatic nitrogens is 2. The molecule has 0 saturated heterocycles. The number of rotatable bonds is 3. The zero-order valence-electron chi connectivity index (χ0n) is 10.4. The number of carboxylic acids is 1. The first-order chi connectivity index (χ1) is 9.50. The molecule has 1 aromatic carbocycles. The molecule has 0 aliphatic carbocycles. The fraction of sp³-hybridized carbons (Fsp3) is 0.0769. The molecule has 20 heavy (non-hydrogen) atoms. The van der Waals surface area contributed by atoms with Gasteiger partial charge in [0.1, 0.15) is 0 Å². The monoisotopic (exact) mass is 335 g/mol. The Morgan fingerprint density at radius 1 is 1.25 bits per heavy atom. The number of carbonyl (C=O) groups is 2. The highest BCUT2D eigenvalue weighted by molar-refractivity contribution is 9.10. The van der Waals surface area contributed by atoms with Crippen LogP contribution in [0.5, 0.6) is 0 Å². The Kier molecular flexibility index (Phi) is 4.09. The molecule has 0 spiro atoms. The van der Waals surface area contributed by atoms with Gasteiger partial charge >= 0.3 is 5.97 Å². The second kappa shape index (κ2) is 5.79. The molecule has 6 nitrogen and oxygen atoms in total. The Morgan fingerprint density at radius 3 is 2.65 bits per heavy atom. The Labute approximate surface area is 123 Å². The van der Waals surface area contributed by atoms with Crippen LogP contribution in [0.1, 0.15) is 26.4 Å². The summed E-state index contributed by atoms with van der Waals surface area (Å²) in [6.45, 7) is 1.79. The molecular weight excluding hydrogens is 326 g/mol. The quantitative estimate of drug-likeness (QED) is 0.898. The van der Waals surface area contributed by atoms with Gasteiger partial charge in [-0.05, 0) is 24.6 Å². The van der Waals surface area contributed by atoms with Gasteiger partial charge in [-0.2, -0.15) is 0 Å². The molecule has 1 heterocycles. The number of carbonyl (C=O) groups excluding carboxylic acids is 1. The van der Waals surface area contributed by atoms with E-state index in [1.165, 1.54) is 12.4 Å². The van der Waals surface area contributed by atoms with Gasteiger partial charge in [0, 0.05) is 22.4 Å².